The number of rotatable bonds is 10. The lowest BCUT2D eigenvalue weighted by Gasteiger charge is -2.22. The Morgan fingerprint density at radius 1 is 1.27 bits per heavy atom. The van der Waals surface area contributed by atoms with Gasteiger partial charge >= 0.3 is 5.69 Å². The number of aromatic amines is 1. The van der Waals surface area contributed by atoms with Crippen LogP contribution in [0.15, 0.2) is 70.9 Å². The van der Waals surface area contributed by atoms with Crippen molar-refractivity contribution in [3.05, 3.63) is 87.8 Å². The number of benzene rings is 1. The van der Waals surface area contributed by atoms with Gasteiger partial charge in [-0.05, 0) is 35.3 Å². The van der Waals surface area contributed by atoms with Crippen LogP contribution in [-0.2, 0) is 26.6 Å². The molecule has 12 heteroatoms. The molecule has 1 amide bonds. The van der Waals surface area contributed by atoms with Gasteiger partial charge in [0.2, 0.25) is 0 Å². The van der Waals surface area contributed by atoms with Crippen LogP contribution >= 0.6 is 0 Å². The molecule has 1 N–H and O–H groups in total. The van der Waals surface area contributed by atoms with Gasteiger partial charge in [-0.3, -0.25) is 14.3 Å². The van der Waals surface area contributed by atoms with E-state index in [1.165, 1.54) is 6.08 Å². The first kappa shape index (κ1) is 27.6. The average Bonchev–Trinajstić information content (AvgIpc) is 3.24. The number of hydrogen-bond donors (Lipinski definition) is 1. The summed E-state index contributed by atoms with van der Waals surface area (Å²) >= 11 is 0. The molecule has 2 heterocycles. The molecule has 0 spiro atoms. The van der Waals surface area contributed by atoms with E-state index in [1.54, 1.807) is 48.3 Å². The zero-order valence-electron chi connectivity index (χ0n) is 21.1. The number of aromatic nitrogens is 4. The van der Waals surface area contributed by atoms with E-state index in [9.17, 15) is 22.8 Å². The van der Waals surface area contributed by atoms with Crippen molar-refractivity contribution in [1.29, 1.82) is 0 Å². The number of nitrogens with zero attached hydrogens (tertiary/aromatic N) is 4. The number of sulfonamides is 1. The summed E-state index contributed by atoms with van der Waals surface area (Å²) < 4.78 is 32.5. The summed E-state index contributed by atoms with van der Waals surface area (Å²) in [4.78, 5) is 41.9. The molecule has 0 aliphatic heterocycles. The standard InChI is InChI=1S/C25H29N5O6S/c1-7-8-9-17(4)14-36-15-23(31)30(37(6,34)35)29-24(32)20-12-19(22-10-11-26-28(22)5)18(16(2)3)13-21(20)27-25(29)33/h7-13,16H,1,4,14-15H2,2-3,5-6H3,(H,27,33)/b9-8-. The molecule has 0 saturated heterocycles. The minimum absolute atomic E-state index is 0.0190. The lowest BCUT2D eigenvalue weighted by atomic mass is 9.93. The number of aryl methyl sites for hydroxylation is 1. The van der Waals surface area contributed by atoms with Gasteiger partial charge in [-0.1, -0.05) is 45.2 Å². The SMILES string of the molecule is C=C/C=C\C(=C)COCC(=O)N(n1c(=O)[nH]c2cc(C(C)C)c(-c3ccnn3C)cc2c1=O)S(C)(=O)=O. The smallest absolute Gasteiger partial charge is 0.349 e. The highest BCUT2D eigenvalue weighted by Gasteiger charge is 2.30. The molecule has 196 valence electrons. The van der Waals surface area contributed by atoms with Gasteiger partial charge in [0.15, 0.2) is 0 Å². The number of H-pyrrole nitrogens is 1. The molecule has 0 unspecified atom stereocenters. The van der Waals surface area contributed by atoms with Gasteiger partial charge in [0.1, 0.15) is 6.61 Å². The minimum Gasteiger partial charge on any atom is -0.367 e. The molecule has 11 nitrogen and oxygen atoms in total. The minimum atomic E-state index is -4.39. The van der Waals surface area contributed by atoms with E-state index in [1.807, 2.05) is 13.8 Å². The van der Waals surface area contributed by atoms with Crippen molar-refractivity contribution in [2.75, 3.05) is 23.9 Å². The van der Waals surface area contributed by atoms with Gasteiger partial charge in [-0.25, -0.2) is 13.2 Å². The first-order valence-electron chi connectivity index (χ1n) is 11.3. The normalized spacial score (nSPS) is 11.9. The van der Waals surface area contributed by atoms with E-state index in [2.05, 4.69) is 23.2 Å². The molecular formula is C25H29N5O6S. The van der Waals surface area contributed by atoms with E-state index in [0.717, 1.165) is 17.5 Å². The van der Waals surface area contributed by atoms with Gasteiger partial charge in [0, 0.05) is 18.8 Å². The molecule has 37 heavy (non-hydrogen) atoms. The predicted octanol–water partition coefficient (Wildman–Crippen LogP) is 1.95. The molecule has 1 aromatic carbocycles. The lowest BCUT2D eigenvalue weighted by molar-refractivity contribution is -0.122. The first-order chi connectivity index (χ1) is 17.4. The number of nitrogens with one attached hydrogen (secondary N) is 1. The van der Waals surface area contributed by atoms with Gasteiger partial charge in [-0.15, -0.1) is 9.09 Å². The van der Waals surface area contributed by atoms with Crippen LogP contribution in [-0.4, -0.2) is 53.2 Å². The molecule has 0 aliphatic rings. The highest BCUT2D eigenvalue weighted by molar-refractivity contribution is 7.92. The number of hydrogen-bond acceptors (Lipinski definition) is 7. The fourth-order valence-electron chi connectivity index (χ4n) is 3.80. The summed E-state index contributed by atoms with van der Waals surface area (Å²) in [5.74, 6) is -1.09. The number of fused-ring (bicyclic) bond motifs is 1. The van der Waals surface area contributed by atoms with Gasteiger partial charge in [-0.2, -0.15) is 5.10 Å². The van der Waals surface area contributed by atoms with Crippen LogP contribution in [0.3, 0.4) is 0 Å². The molecule has 2 aromatic heterocycles. The summed E-state index contributed by atoms with van der Waals surface area (Å²) in [6.07, 6.45) is 7.09. The van der Waals surface area contributed by atoms with Crippen LogP contribution in [0.1, 0.15) is 25.3 Å². The Balaban J connectivity index is 2.14. The summed E-state index contributed by atoms with van der Waals surface area (Å²) in [5.41, 5.74) is 0.903. The quantitative estimate of drug-likeness (QED) is 0.398. The Hall–Kier alpha value is -4.03. The van der Waals surface area contributed by atoms with Crippen molar-refractivity contribution in [2.45, 2.75) is 19.8 Å². The molecule has 0 saturated carbocycles. The Morgan fingerprint density at radius 3 is 2.54 bits per heavy atom. The molecule has 0 radical (unpaired) electrons. The molecule has 3 aromatic rings. The van der Waals surface area contributed by atoms with Gasteiger partial charge in [0.25, 0.3) is 21.5 Å². The third kappa shape index (κ3) is 5.87. The van der Waals surface area contributed by atoms with Crippen molar-refractivity contribution in [2.24, 2.45) is 7.05 Å². The largest absolute Gasteiger partial charge is 0.367 e. The maximum Gasteiger partial charge on any atom is 0.349 e. The molecule has 3 rings (SSSR count). The van der Waals surface area contributed by atoms with E-state index < -0.39 is 33.8 Å². The van der Waals surface area contributed by atoms with Crippen molar-refractivity contribution in [3.8, 4) is 11.3 Å². The zero-order chi connectivity index (χ0) is 27.5. The topological polar surface area (TPSA) is 136 Å². The zero-order valence-corrected chi connectivity index (χ0v) is 21.9. The van der Waals surface area contributed by atoms with E-state index in [0.29, 0.717) is 11.1 Å². The second-order valence-electron chi connectivity index (χ2n) is 8.67. The number of ether oxygens (including phenoxy) is 1. The van der Waals surface area contributed by atoms with Crippen molar-refractivity contribution in [1.82, 2.24) is 19.4 Å². The molecule has 0 atom stereocenters. The van der Waals surface area contributed by atoms with Crippen molar-refractivity contribution in [3.63, 3.8) is 0 Å². The van der Waals surface area contributed by atoms with Crippen LogP contribution in [0.4, 0.5) is 0 Å². The number of allylic oxidation sites excluding steroid dienone is 2. The van der Waals surface area contributed by atoms with Gasteiger partial charge in [0.05, 0.1) is 29.5 Å². The first-order valence-corrected chi connectivity index (χ1v) is 13.1. The highest BCUT2D eigenvalue weighted by Crippen LogP contribution is 2.31. The number of carbonyl (C=O) groups is 1. The Bertz CT molecular complexity index is 1630. The van der Waals surface area contributed by atoms with Gasteiger partial charge < -0.3 is 9.72 Å². The fraction of sp³-hybridized carbons (Fsp3) is 0.280. The third-order valence-corrected chi connectivity index (χ3v) is 6.45. The van der Waals surface area contributed by atoms with Crippen LogP contribution in [0, 0.1) is 0 Å². The Morgan fingerprint density at radius 2 is 1.97 bits per heavy atom. The second-order valence-corrected chi connectivity index (χ2v) is 10.5. The third-order valence-electron chi connectivity index (χ3n) is 5.46. The molecule has 0 fully saturated rings. The van der Waals surface area contributed by atoms with E-state index >= 15 is 0 Å². The Labute approximate surface area is 214 Å². The summed E-state index contributed by atoms with van der Waals surface area (Å²) in [7, 11) is -2.64. The monoisotopic (exact) mass is 527 g/mol. The number of amides is 1. The molecule has 0 aliphatic carbocycles. The summed E-state index contributed by atoms with van der Waals surface area (Å²) in [5, 5.41) is 4.20. The average molecular weight is 528 g/mol. The Kier molecular flexibility index (Phi) is 8.14. The maximum atomic E-state index is 13.5. The van der Waals surface area contributed by atoms with Crippen LogP contribution in [0.25, 0.3) is 22.2 Å². The van der Waals surface area contributed by atoms with E-state index in [-0.39, 0.29) is 32.5 Å². The lowest BCUT2D eigenvalue weighted by Crippen LogP contribution is -2.56. The summed E-state index contributed by atoms with van der Waals surface area (Å²) in [6.45, 7) is 10.4. The summed E-state index contributed by atoms with van der Waals surface area (Å²) in [6, 6.07) is 5.01. The molecule has 0 bridgehead atoms. The van der Waals surface area contributed by atoms with E-state index in [4.69, 9.17) is 4.74 Å². The van der Waals surface area contributed by atoms with Crippen molar-refractivity contribution >= 4 is 26.8 Å². The van der Waals surface area contributed by atoms with Crippen LogP contribution in [0.5, 0.6) is 0 Å². The highest BCUT2D eigenvalue weighted by atomic mass is 32.2. The number of carbonyl (C=O) groups excluding carboxylic acids is 1. The van der Waals surface area contributed by atoms with Crippen LogP contribution in [0.2, 0.25) is 0 Å². The fourth-order valence-corrected chi connectivity index (χ4v) is 4.66. The molecular weight excluding hydrogens is 498 g/mol. The predicted molar refractivity (Wildman–Crippen MR) is 142 cm³/mol. The second kappa shape index (κ2) is 10.9. The van der Waals surface area contributed by atoms with Crippen LogP contribution < -0.4 is 15.7 Å². The maximum absolute atomic E-state index is 13.5. The van der Waals surface area contributed by atoms with Crippen molar-refractivity contribution < 1.29 is 17.9 Å².